The molecule has 0 aromatic carbocycles. The van der Waals surface area contributed by atoms with Crippen molar-refractivity contribution in [1.29, 1.82) is 0 Å². The number of aromatic nitrogens is 3. The summed E-state index contributed by atoms with van der Waals surface area (Å²) < 4.78 is 30.4. The van der Waals surface area contributed by atoms with E-state index in [0.29, 0.717) is 17.1 Å². The van der Waals surface area contributed by atoms with Crippen molar-refractivity contribution in [3.63, 3.8) is 0 Å². The number of halogens is 2. The average Bonchev–Trinajstić information content (AvgIpc) is 3.23. The molecule has 4 rings (SSSR count). The standard InChI is InChI=1S/C18H15F2N7O5S2/c19-17(20)32-24-9(12-23-18(21)34-25-12)13(28)22-10-14(29)27-11(16(30)31)8(7-33-15(10)27)6-26-4-2-1-3-5-26/h1-5,10,15,17H,6-7H2,(H3-,21,22,23,25,28,30,31)/b24-9+/t10?,15-/m1/s1. The minimum Gasteiger partial charge on any atom is -0.543 e. The first kappa shape index (κ1) is 23.5. The van der Waals surface area contributed by atoms with Crippen molar-refractivity contribution < 1.29 is 37.7 Å². The van der Waals surface area contributed by atoms with Gasteiger partial charge in [-0.1, -0.05) is 11.2 Å². The summed E-state index contributed by atoms with van der Waals surface area (Å²) in [6.45, 7) is -3.09. The summed E-state index contributed by atoms with van der Waals surface area (Å²) in [6, 6.07) is 4.22. The van der Waals surface area contributed by atoms with E-state index in [4.69, 9.17) is 5.73 Å². The van der Waals surface area contributed by atoms with Crippen LogP contribution < -0.4 is 20.7 Å². The Balaban J connectivity index is 1.53. The molecule has 178 valence electrons. The molecule has 0 spiro atoms. The largest absolute Gasteiger partial charge is 0.543 e. The molecule has 2 aliphatic rings. The van der Waals surface area contributed by atoms with Gasteiger partial charge in [0.25, 0.3) is 11.8 Å². The SMILES string of the molecule is Nc1nc(/C(=N\OC(F)F)C(=O)NC2C(=O)N3C(C(=O)[O-])=C(C[n+]4ccccc4)CS[C@H]23)ns1. The molecule has 0 radical (unpaired) electrons. The quantitative estimate of drug-likeness (QED) is 0.185. The first-order valence-corrected chi connectivity index (χ1v) is 11.3. The molecule has 2 atom stereocenters. The third kappa shape index (κ3) is 4.67. The fourth-order valence-electron chi connectivity index (χ4n) is 3.37. The van der Waals surface area contributed by atoms with Crippen LogP contribution >= 0.6 is 23.3 Å². The Bertz CT molecular complexity index is 1190. The number of carboxylic acid groups (broad SMARTS) is 1. The number of carbonyl (C=O) groups excluding carboxylic acids is 3. The first-order valence-electron chi connectivity index (χ1n) is 9.50. The predicted molar refractivity (Wildman–Crippen MR) is 112 cm³/mol. The Morgan fingerprint density at radius 1 is 1.38 bits per heavy atom. The maximum atomic E-state index is 12.8. The summed E-state index contributed by atoms with van der Waals surface area (Å²) in [5.74, 6) is -3.41. The fourth-order valence-corrected chi connectivity index (χ4v) is 5.14. The van der Waals surface area contributed by atoms with Crippen molar-refractivity contribution in [3.05, 3.63) is 47.7 Å². The van der Waals surface area contributed by atoms with Crippen LogP contribution in [-0.2, 0) is 25.8 Å². The monoisotopic (exact) mass is 511 g/mol. The van der Waals surface area contributed by atoms with Crippen molar-refractivity contribution >= 4 is 51.9 Å². The lowest BCUT2D eigenvalue weighted by Crippen LogP contribution is -2.71. The molecule has 0 saturated carbocycles. The molecular formula is C18H15F2N7O5S2. The van der Waals surface area contributed by atoms with Crippen LogP contribution in [0.3, 0.4) is 0 Å². The van der Waals surface area contributed by atoms with Gasteiger partial charge in [-0.25, -0.2) is 4.57 Å². The number of hydrogen-bond acceptors (Lipinski definition) is 11. The molecule has 3 N–H and O–H groups in total. The number of amides is 2. The molecule has 2 amide bonds. The van der Waals surface area contributed by atoms with E-state index in [2.05, 4.69) is 24.7 Å². The number of anilines is 1. The zero-order valence-corrected chi connectivity index (χ0v) is 18.6. The number of hydrogen-bond donors (Lipinski definition) is 2. The number of carbonyl (C=O) groups is 3. The number of oxime groups is 1. The molecule has 1 fully saturated rings. The number of rotatable bonds is 8. The fraction of sp³-hybridized carbons (Fsp3) is 0.278. The molecule has 34 heavy (non-hydrogen) atoms. The third-order valence-electron chi connectivity index (χ3n) is 4.77. The number of carboxylic acids is 1. The van der Waals surface area contributed by atoms with E-state index < -0.39 is 41.5 Å². The van der Waals surface area contributed by atoms with Crippen LogP contribution in [0.15, 0.2) is 47.0 Å². The Hall–Kier alpha value is -3.66. The number of alkyl halides is 2. The molecule has 16 heteroatoms. The van der Waals surface area contributed by atoms with E-state index in [1.807, 2.05) is 6.07 Å². The van der Waals surface area contributed by atoms with Gasteiger partial charge in [0.15, 0.2) is 24.1 Å². The second-order valence-corrected chi connectivity index (χ2v) is 8.80. The average molecular weight is 511 g/mol. The minimum absolute atomic E-state index is 0.0474. The van der Waals surface area contributed by atoms with Crippen molar-refractivity contribution in [2.45, 2.75) is 24.6 Å². The van der Waals surface area contributed by atoms with Gasteiger partial charge in [0.05, 0.1) is 11.7 Å². The summed E-state index contributed by atoms with van der Waals surface area (Å²) in [5.41, 5.74) is 4.96. The Kier molecular flexibility index (Phi) is 6.69. The second kappa shape index (κ2) is 9.68. The second-order valence-electron chi connectivity index (χ2n) is 6.91. The van der Waals surface area contributed by atoms with Gasteiger partial charge >= 0.3 is 6.61 Å². The molecule has 1 saturated heterocycles. The molecule has 2 aliphatic heterocycles. The zero-order chi connectivity index (χ0) is 24.4. The molecule has 2 aromatic heterocycles. The molecule has 0 aliphatic carbocycles. The predicted octanol–water partition coefficient (Wildman–Crippen LogP) is -1.54. The van der Waals surface area contributed by atoms with E-state index in [1.54, 1.807) is 29.1 Å². The number of nitrogens with two attached hydrogens (primary N) is 1. The van der Waals surface area contributed by atoms with Crippen LogP contribution in [0.25, 0.3) is 0 Å². The lowest BCUT2D eigenvalue weighted by molar-refractivity contribution is -0.689. The third-order valence-corrected chi connectivity index (χ3v) is 6.65. The molecule has 12 nitrogen and oxygen atoms in total. The van der Waals surface area contributed by atoms with Gasteiger partial charge in [0.2, 0.25) is 11.5 Å². The zero-order valence-electron chi connectivity index (χ0n) is 17.0. The Morgan fingerprint density at radius 2 is 2.12 bits per heavy atom. The summed E-state index contributed by atoms with van der Waals surface area (Å²) >= 11 is 1.93. The van der Waals surface area contributed by atoms with Crippen LogP contribution in [0, 0.1) is 0 Å². The number of nitrogens with one attached hydrogen (secondary N) is 1. The molecule has 2 aromatic rings. The lowest BCUT2D eigenvalue weighted by Gasteiger charge is -2.50. The van der Waals surface area contributed by atoms with Crippen molar-refractivity contribution in [1.82, 2.24) is 19.6 Å². The summed E-state index contributed by atoms with van der Waals surface area (Å²) in [7, 11) is 0. The Labute approximate surface area is 198 Å². The van der Waals surface area contributed by atoms with Gasteiger partial charge in [-0.05, 0) is 0 Å². The van der Waals surface area contributed by atoms with Gasteiger partial charge in [0, 0.05) is 35.0 Å². The molecular weight excluding hydrogens is 496 g/mol. The number of β-lactam (4-membered cyclic amide) rings is 1. The molecule has 1 unspecified atom stereocenters. The van der Waals surface area contributed by atoms with Crippen molar-refractivity contribution in [2.75, 3.05) is 11.5 Å². The van der Waals surface area contributed by atoms with Gasteiger partial charge in [0.1, 0.15) is 11.4 Å². The summed E-state index contributed by atoms with van der Waals surface area (Å²) in [6.07, 6.45) is 3.50. The summed E-state index contributed by atoms with van der Waals surface area (Å²) in [5, 5.41) is 16.5. The smallest absolute Gasteiger partial charge is 0.407 e. The van der Waals surface area contributed by atoms with Crippen LogP contribution in [0.5, 0.6) is 0 Å². The van der Waals surface area contributed by atoms with Crippen molar-refractivity contribution in [2.24, 2.45) is 5.16 Å². The van der Waals surface area contributed by atoms with Crippen LogP contribution in [0.2, 0.25) is 0 Å². The maximum absolute atomic E-state index is 12.8. The number of fused-ring (bicyclic) bond motifs is 1. The molecule has 4 heterocycles. The normalized spacial score (nSPS) is 20.1. The van der Waals surface area contributed by atoms with Crippen LogP contribution in [-0.4, -0.2) is 61.5 Å². The lowest BCUT2D eigenvalue weighted by atomic mass is 10.0. The van der Waals surface area contributed by atoms with Gasteiger partial charge in [-0.15, -0.1) is 11.8 Å². The van der Waals surface area contributed by atoms with E-state index in [0.717, 1.165) is 4.90 Å². The highest BCUT2D eigenvalue weighted by Gasteiger charge is 2.53. The topological polar surface area (TPSA) is 167 Å². The van der Waals surface area contributed by atoms with Crippen molar-refractivity contribution in [3.8, 4) is 0 Å². The highest BCUT2D eigenvalue weighted by atomic mass is 32.2. The van der Waals surface area contributed by atoms with Gasteiger partial charge in [-0.2, -0.15) is 18.1 Å². The molecule has 0 bridgehead atoms. The highest BCUT2D eigenvalue weighted by molar-refractivity contribution is 8.00. The number of nitrogens with zero attached hydrogens (tertiary/aromatic N) is 5. The van der Waals surface area contributed by atoms with E-state index in [-0.39, 0.29) is 29.0 Å². The van der Waals surface area contributed by atoms with Crippen LogP contribution in [0.1, 0.15) is 5.82 Å². The van der Waals surface area contributed by atoms with Crippen LogP contribution in [0.4, 0.5) is 13.9 Å². The summed E-state index contributed by atoms with van der Waals surface area (Å²) in [4.78, 5) is 46.0. The highest BCUT2D eigenvalue weighted by Crippen LogP contribution is 2.40. The number of thioether (sulfide) groups is 1. The van der Waals surface area contributed by atoms with E-state index in [9.17, 15) is 28.3 Å². The van der Waals surface area contributed by atoms with E-state index >= 15 is 0 Å². The minimum atomic E-state index is -3.31. The number of pyridine rings is 1. The van der Waals surface area contributed by atoms with E-state index in [1.165, 1.54) is 11.8 Å². The van der Waals surface area contributed by atoms with Gasteiger partial charge < -0.3 is 25.8 Å². The Morgan fingerprint density at radius 3 is 2.74 bits per heavy atom. The van der Waals surface area contributed by atoms with Gasteiger partial charge in [-0.3, -0.25) is 14.5 Å². The number of aliphatic carboxylic acids is 1. The first-order chi connectivity index (χ1) is 16.3. The maximum Gasteiger partial charge on any atom is 0.407 e. The number of nitrogen functional groups attached to an aromatic ring is 1.